The van der Waals surface area contributed by atoms with Crippen molar-refractivity contribution < 1.29 is 23.1 Å². The third-order valence-electron chi connectivity index (χ3n) is 4.47. The second-order valence-electron chi connectivity index (χ2n) is 6.69. The zero-order valence-corrected chi connectivity index (χ0v) is 17.8. The van der Waals surface area contributed by atoms with Crippen molar-refractivity contribution in [3.63, 3.8) is 0 Å². The number of carbonyl (C=O) groups is 2. The van der Waals surface area contributed by atoms with Crippen LogP contribution in [0.15, 0.2) is 59.5 Å². The molecule has 6 nitrogen and oxygen atoms in total. The molecule has 162 valence electrons. The van der Waals surface area contributed by atoms with Crippen molar-refractivity contribution in [3.8, 4) is 0 Å². The fraction of sp³-hybridized carbons (Fsp3) is 0.227. The van der Waals surface area contributed by atoms with E-state index >= 15 is 0 Å². The van der Waals surface area contributed by atoms with Crippen molar-refractivity contribution in [2.45, 2.75) is 31.0 Å². The Hall–Kier alpha value is -3.20. The number of hydrogen-bond donors (Lipinski definition) is 1. The summed E-state index contributed by atoms with van der Waals surface area (Å²) in [4.78, 5) is 25.0. The molecule has 0 radical (unpaired) electrons. The summed E-state index contributed by atoms with van der Waals surface area (Å²) in [5.41, 5.74) is 2.70. The number of halogens is 2. The van der Waals surface area contributed by atoms with Gasteiger partial charge in [-0.2, -0.15) is 13.9 Å². The molecular weight excluding hydrogens is 424 g/mol. The van der Waals surface area contributed by atoms with E-state index in [9.17, 15) is 18.4 Å². The highest BCUT2D eigenvalue weighted by Gasteiger charge is 2.21. The van der Waals surface area contributed by atoms with E-state index in [0.717, 1.165) is 5.56 Å². The number of ether oxygens (including phenoxy) is 1. The number of esters is 1. The molecule has 0 aliphatic carbocycles. The normalized spacial score (nSPS) is 10.9. The van der Waals surface area contributed by atoms with Crippen molar-refractivity contribution in [3.05, 3.63) is 77.1 Å². The Morgan fingerprint density at radius 3 is 2.48 bits per heavy atom. The van der Waals surface area contributed by atoms with Gasteiger partial charge >= 0.3 is 5.97 Å². The number of hydrogen-bond acceptors (Lipinski definition) is 5. The molecular formula is C22H21F2N3O3S. The molecule has 0 unspecified atom stereocenters. The first-order valence-electron chi connectivity index (χ1n) is 9.44. The van der Waals surface area contributed by atoms with E-state index in [-0.39, 0.29) is 10.6 Å². The van der Waals surface area contributed by atoms with Crippen LogP contribution in [0.5, 0.6) is 0 Å². The summed E-state index contributed by atoms with van der Waals surface area (Å²) in [6.07, 6.45) is 0. The van der Waals surface area contributed by atoms with Crippen LogP contribution in [0.3, 0.4) is 0 Å². The molecule has 3 rings (SSSR count). The molecule has 1 amide bonds. The van der Waals surface area contributed by atoms with Crippen LogP contribution < -0.4 is 5.32 Å². The second kappa shape index (κ2) is 10.2. The van der Waals surface area contributed by atoms with Crippen molar-refractivity contribution in [1.82, 2.24) is 9.78 Å². The summed E-state index contributed by atoms with van der Waals surface area (Å²) in [7, 11) is 0. The number of nitrogens with zero attached hydrogens (tertiary/aromatic N) is 2. The Morgan fingerprint density at radius 1 is 1.10 bits per heavy atom. The molecule has 0 spiro atoms. The lowest BCUT2D eigenvalue weighted by atomic mass is 10.2. The summed E-state index contributed by atoms with van der Waals surface area (Å²) in [5, 5.41) is 6.90. The SMILES string of the molecule is Cc1nn(Cc2ccccc2)c(C)c1C(=O)OCC(=O)Nc1ccccc1SC(F)F. The van der Waals surface area contributed by atoms with Gasteiger partial charge in [0, 0.05) is 4.90 Å². The zero-order valence-electron chi connectivity index (χ0n) is 17.0. The lowest BCUT2D eigenvalue weighted by Crippen LogP contribution is -2.21. The highest BCUT2D eigenvalue weighted by atomic mass is 32.2. The van der Waals surface area contributed by atoms with E-state index in [0.29, 0.717) is 35.3 Å². The standard InChI is InChI=1S/C22H21F2N3O3S/c1-14-20(15(2)27(26-14)12-16-8-4-3-5-9-16)21(29)30-13-19(28)25-17-10-6-7-11-18(17)31-22(23)24/h3-11,22H,12-13H2,1-2H3,(H,25,28). The smallest absolute Gasteiger partial charge is 0.342 e. The molecule has 3 aromatic rings. The van der Waals surface area contributed by atoms with Crippen molar-refractivity contribution in [1.29, 1.82) is 0 Å². The van der Waals surface area contributed by atoms with Crippen LogP contribution in [0.2, 0.25) is 0 Å². The van der Waals surface area contributed by atoms with Gasteiger partial charge < -0.3 is 10.1 Å². The van der Waals surface area contributed by atoms with Crippen molar-refractivity contribution in [2.24, 2.45) is 0 Å². The van der Waals surface area contributed by atoms with E-state index in [1.165, 1.54) is 12.1 Å². The number of alkyl halides is 2. The molecule has 0 aliphatic heterocycles. The minimum atomic E-state index is -2.62. The number of nitrogens with one attached hydrogen (secondary N) is 1. The Balaban J connectivity index is 1.63. The van der Waals surface area contributed by atoms with E-state index < -0.39 is 24.2 Å². The topological polar surface area (TPSA) is 73.2 Å². The van der Waals surface area contributed by atoms with Crippen molar-refractivity contribution >= 4 is 29.3 Å². The molecule has 0 saturated carbocycles. The average molecular weight is 445 g/mol. The third kappa shape index (κ3) is 5.91. The molecule has 1 N–H and O–H groups in total. The molecule has 0 aliphatic rings. The molecule has 0 saturated heterocycles. The average Bonchev–Trinajstić information content (AvgIpc) is 3.01. The predicted octanol–water partition coefficient (Wildman–Crippen LogP) is 4.66. The molecule has 9 heteroatoms. The minimum absolute atomic E-state index is 0.228. The number of anilines is 1. The van der Waals surface area contributed by atoms with Gasteiger partial charge in [0.1, 0.15) is 5.56 Å². The number of amides is 1. The van der Waals surface area contributed by atoms with Crippen LogP contribution in [0.4, 0.5) is 14.5 Å². The van der Waals surface area contributed by atoms with Gasteiger partial charge in [0.2, 0.25) is 0 Å². The Bertz CT molecular complexity index is 1070. The highest BCUT2D eigenvalue weighted by Crippen LogP contribution is 2.31. The van der Waals surface area contributed by atoms with Crippen LogP contribution in [0, 0.1) is 13.8 Å². The van der Waals surface area contributed by atoms with Crippen LogP contribution in [0.25, 0.3) is 0 Å². The van der Waals surface area contributed by atoms with Gasteiger partial charge in [0.15, 0.2) is 6.61 Å². The number of rotatable bonds is 8. The molecule has 0 fully saturated rings. The Morgan fingerprint density at radius 2 is 1.77 bits per heavy atom. The molecule has 2 aromatic carbocycles. The maximum absolute atomic E-state index is 12.7. The first kappa shape index (κ1) is 22.5. The quantitative estimate of drug-likeness (QED) is 0.403. The van der Waals surface area contributed by atoms with Crippen LogP contribution in [-0.2, 0) is 16.1 Å². The first-order valence-corrected chi connectivity index (χ1v) is 10.3. The fourth-order valence-corrected chi connectivity index (χ4v) is 3.66. The summed E-state index contributed by atoms with van der Waals surface area (Å²) in [6.45, 7) is 3.41. The first-order chi connectivity index (χ1) is 14.8. The lowest BCUT2D eigenvalue weighted by Gasteiger charge is -2.11. The Labute approximate surface area is 182 Å². The number of thioether (sulfide) groups is 1. The van der Waals surface area contributed by atoms with Gasteiger partial charge in [-0.1, -0.05) is 54.2 Å². The van der Waals surface area contributed by atoms with Gasteiger partial charge in [-0.05, 0) is 31.5 Å². The van der Waals surface area contributed by atoms with Crippen molar-refractivity contribution in [2.75, 3.05) is 11.9 Å². The molecule has 1 heterocycles. The number of aromatic nitrogens is 2. The van der Waals surface area contributed by atoms with E-state index in [2.05, 4.69) is 10.4 Å². The van der Waals surface area contributed by atoms with Gasteiger partial charge in [-0.15, -0.1) is 0 Å². The largest absolute Gasteiger partial charge is 0.452 e. The summed E-state index contributed by atoms with van der Waals surface area (Å²) < 4.78 is 32.2. The molecule has 0 bridgehead atoms. The number of aryl methyl sites for hydroxylation is 1. The maximum atomic E-state index is 12.7. The molecule has 1 aromatic heterocycles. The van der Waals surface area contributed by atoms with Gasteiger partial charge in [-0.3, -0.25) is 9.48 Å². The highest BCUT2D eigenvalue weighted by molar-refractivity contribution is 7.99. The summed E-state index contributed by atoms with van der Waals surface area (Å²) in [5.74, 6) is -3.91. The Kier molecular flexibility index (Phi) is 7.41. The van der Waals surface area contributed by atoms with E-state index in [1.807, 2.05) is 30.3 Å². The van der Waals surface area contributed by atoms with Gasteiger partial charge in [0.05, 0.1) is 23.6 Å². The van der Waals surface area contributed by atoms with E-state index in [4.69, 9.17) is 4.74 Å². The third-order valence-corrected chi connectivity index (χ3v) is 5.26. The minimum Gasteiger partial charge on any atom is -0.452 e. The van der Waals surface area contributed by atoms with E-state index in [1.54, 1.807) is 30.7 Å². The van der Waals surface area contributed by atoms with Gasteiger partial charge in [0.25, 0.3) is 11.7 Å². The lowest BCUT2D eigenvalue weighted by molar-refractivity contribution is -0.119. The van der Waals surface area contributed by atoms with Crippen LogP contribution >= 0.6 is 11.8 Å². The monoisotopic (exact) mass is 445 g/mol. The zero-order chi connectivity index (χ0) is 22.4. The second-order valence-corrected chi connectivity index (χ2v) is 7.72. The van der Waals surface area contributed by atoms with Gasteiger partial charge in [-0.25, -0.2) is 4.79 Å². The maximum Gasteiger partial charge on any atom is 0.342 e. The summed E-state index contributed by atoms with van der Waals surface area (Å²) >= 11 is 0.329. The number of para-hydroxylation sites is 1. The number of benzene rings is 2. The van der Waals surface area contributed by atoms with Crippen LogP contribution in [-0.4, -0.2) is 34.0 Å². The fourth-order valence-electron chi connectivity index (χ4n) is 3.06. The summed E-state index contributed by atoms with van der Waals surface area (Å²) in [6, 6.07) is 15.9. The number of carbonyl (C=O) groups excluding carboxylic acids is 2. The molecule has 31 heavy (non-hydrogen) atoms. The van der Waals surface area contributed by atoms with Crippen LogP contribution in [0.1, 0.15) is 27.3 Å². The predicted molar refractivity (Wildman–Crippen MR) is 114 cm³/mol. The molecule has 0 atom stereocenters.